The number of carbonyl (C=O) groups excluding carboxylic acids is 1. The highest BCUT2D eigenvalue weighted by atomic mass is 19.1. The second-order valence-corrected chi connectivity index (χ2v) is 7.17. The number of hydrogen-bond donors (Lipinski definition) is 1. The molecule has 4 nitrogen and oxygen atoms in total. The lowest BCUT2D eigenvalue weighted by Gasteiger charge is -2.32. The fraction of sp³-hybridized carbons (Fsp3) is 0.286. The van der Waals surface area contributed by atoms with E-state index in [1.54, 1.807) is 43.8 Å². The molecule has 26 heavy (non-hydrogen) atoms. The molecule has 5 heteroatoms. The van der Waals surface area contributed by atoms with E-state index in [-0.39, 0.29) is 17.9 Å². The summed E-state index contributed by atoms with van der Waals surface area (Å²) in [5.41, 5.74) is 0.262. The maximum atomic E-state index is 13.9. The summed E-state index contributed by atoms with van der Waals surface area (Å²) in [5, 5.41) is 13.0. The molecular weight excluding hydrogens is 331 g/mol. The molecule has 0 spiro atoms. The number of fused-ring (bicyclic) bond motifs is 1. The predicted molar refractivity (Wildman–Crippen MR) is 101 cm³/mol. The number of aliphatic hydroxyl groups excluding tert-OH is 1. The molecule has 1 N–H and O–H groups in total. The number of aliphatic hydroxyl groups is 1. The standard InChI is InChI=1S/C21H23FN2O2/c1-21(2,14-19(25)16-9-5-6-10-17(16)22)20(26)23(3)24-13-12-15-8-4-7-11-18(15)24/h4-13,19,25H,14H2,1-3H3. The molecule has 1 amide bonds. The molecule has 0 saturated heterocycles. The van der Waals surface area contributed by atoms with Gasteiger partial charge in [-0.1, -0.05) is 50.2 Å². The Morgan fingerprint density at radius 3 is 2.54 bits per heavy atom. The van der Waals surface area contributed by atoms with Gasteiger partial charge in [-0.05, 0) is 24.6 Å². The van der Waals surface area contributed by atoms with Crippen LogP contribution in [0.4, 0.5) is 4.39 Å². The van der Waals surface area contributed by atoms with E-state index in [4.69, 9.17) is 0 Å². The van der Waals surface area contributed by atoms with Crippen molar-refractivity contribution in [3.05, 3.63) is 72.2 Å². The molecule has 0 aliphatic heterocycles. The maximum absolute atomic E-state index is 13.9. The van der Waals surface area contributed by atoms with Crippen molar-refractivity contribution in [2.75, 3.05) is 12.1 Å². The number of benzene rings is 2. The third kappa shape index (κ3) is 3.35. The van der Waals surface area contributed by atoms with E-state index in [2.05, 4.69) is 0 Å². The molecule has 1 heterocycles. The lowest BCUT2D eigenvalue weighted by molar-refractivity contribution is -0.129. The van der Waals surface area contributed by atoms with Gasteiger partial charge >= 0.3 is 0 Å². The average molecular weight is 354 g/mol. The molecule has 0 bridgehead atoms. The fourth-order valence-electron chi connectivity index (χ4n) is 3.29. The van der Waals surface area contributed by atoms with Crippen molar-refractivity contribution in [3.8, 4) is 0 Å². The van der Waals surface area contributed by atoms with Crippen molar-refractivity contribution in [1.82, 2.24) is 4.68 Å². The first-order valence-corrected chi connectivity index (χ1v) is 8.58. The van der Waals surface area contributed by atoms with E-state index in [0.717, 1.165) is 10.9 Å². The number of nitrogens with zero attached hydrogens (tertiary/aromatic N) is 2. The first kappa shape index (κ1) is 18.1. The lowest BCUT2D eigenvalue weighted by Crippen LogP contribution is -2.45. The van der Waals surface area contributed by atoms with Gasteiger partial charge in [-0.15, -0.1) is 0 Å². The van der Waals surface area contributed by atoms with Crippen molar-refractivity contribution in [2.24, 2.45) is 5.41 Å². The summed E-state index contributed by atoms with van der Waals surface area (Å²) in [6, 6.07) is 15.8. The summed E-state index contributed by atoms with van der Waals surface area (Å²) in [5.74, 6) is -0.623. The number of aromatic nitrogens is 1. The fourth-order valence-corrected chi connectivity index (χ4v) is 3.29. The average Bonchev–Trinajstić information content (AvgIpc) is 3.04. The van der Waals surface area contributed by atoms with Crippen LogP contribution < -0.4 is 5.01 Å². The van der Waals surface area contributed by atoms with Gasteiger partial charge in [0.25, 0.3) is 0 Å². The van der Waals surface area contributed by atoms with Crippen LogP contribution in [0.2, 0.25) is 0 Å². The maximum Gasteiger partial charge on any atom is 0.246 e. The van der Waals surface area contributed by atoms with E-state index in [0.29, 0.717) is 0 Å². The number of para-hydroxylation sites is 1. The van der Waals surface area contributed by atoms with E-state index >= 15 is 0 Å². The molecule has 0 aliphatic carbocycles. The third-order valence-electron chi connectivity index (χ3n) is 4.74. The summed E-state index contributed by atoms with van der Waals surface area (Å²) in [6.07, 6.45) is 0.910. The SMILES string of the molecule is CN(C(=O)C(C)(C)CC(O)c1ccccc1F)n1ccc2ccccc21. The summed E-state index contributed by atoms with van der Waals surface area (Å²) in [6.45, 7) is 3.53. The summed E-state index contributed by atoms with van der Waals surface area (Å²) >= 11 is 0. The molecule has 0 saturated carbocycles. The lowest BCUT2D eigenvalue weighted by atomic mass is 9.83. The number of rotatable bonds is 5. The van der Waals surface area contributed by atoms with Crippen LogP contribution in [0.5, 0.6) is 0 Å². The van der Waals surface area contributed by atoms with Gasteiger partial charge in [0.2, 0.25) is 5.91 Å². The Kier molecular flexibility index (Phi) is 4.83. The highest BCUT2D eigenvalue weighted by molar-refractivity contribution is 5.92. The Labute approximate surface area is 152 Å². The smallest absolute Gasteiger partial charge is 0.246 e. The Balaban J connectivity index is 1.82. The highest BCUT2D eigenvalue weighted by Gasteiger charge is 2.34. The predicted octanol–water partition coefficient (Wildman–Crippen LogP) is 4.02. The summed E-state index contributed by atoms with van der Waals surface area (Å²) in [7, 11) is 1.70. The molecule has 136 valence electrons. The number of hydrogen-bond acceptors (Lipinski definition) is 2. The zero-order valence-electron chi connectivity index (χ0n) is 15.2. The Bertz CT molecular complexity index is 932. The van der Waals surface area contributed by atoms with Gasteiger partial charge in [-0.2, -0.15) is 0 Å². The summed E-state index contributed by atoms with van der Waals surface area (Å²) < 4.78 is 15.7. The van der Waals surface area contributed by atoms with Gasteiger partial charge in [0.15, 0.2) is 0 Å². The van der Waals surface area contributed by atoms with Gasteiger partial charge in [-0.3, -0.25) is 14.5 Å². The van der Waals surface area contributed by atoms with E-state index in [1.165, 1.54) is 11.1 Å². The third-order valence-corrected chi connectivity index (χ3v) is 4.74. The Hall–Kier alpha value is -2.66. The van der Waals surface area contributed by atoms with Gasteiger partial charge in [-0.25, -0.2) is 4.39 Å². The monoisotopic (exact) mass is 354 g/mol. The molecule has 3 rings (SSSR count). The van der Waals surface area contributed by atoms with Crippen LogP contribution in [0.15, 0.2) is 60.8 Å². The van der Waals surface area contributed by atoms with Gasteiger partial charge in [0.05, 0.1) is 11.6 Å². The molecule has 1 unspecified atom stereocenters. The van der Waals surface area contributed by atoms with Crippen LogP contribution >= 0.6 is 0 Å². The van der Waals surface area contributed by atoms with E-state index in [9.17, 15) is 14.3 Å². The first-order valence-electron chi connectivity index (χ1n) is 8.58. The largest absolute Gasteiger partial charge is 0.388 e. The van der Waals surface area contributed by atoms with Crippen molar-refractivity contribution in [3.63, 3.8) is 0 Å². The van der Waals surface area contributed by atoms with Crippen molar-refractivity contribution >= 4 is 16.8 Å². The second kappa shape index (κ2) is 6.92. The minimum atomic E-state index is -1.05. The van der Waals surface area contributed by atoms with Crippen molar-refractivity contribution < 1.29 is 14.3 Å². The summed E-state index contributed by atoms with van der Waals surface area (Å²) in [4.78, 5) is 13.1. The molecule has 1 atom stereocenters. The normalized spacial score (nSPS) is 13.0. The minimum Gasteiger partial charge on any atom is -0.388 e. The zero-order valence-corrected chi connectivity index (χ0v) is 15.2. The number of amides is 1. The molecule has 1 aromatic heterocycles. The van der Waals surface area contributed by atoms with Gasteiger partial charge in [0, 0.05) is 29.6 Å². The Morgan fingerprint density at radius 1 is 1.15 bits per heavy atom. The van der Waals surface area contributed by atoms with Crippen LogP contribution in [0.3, 0.4) is 0 Å². The van der Waals surface area contributed by atoms with Crippen LogP contribution in [-0.4, -0.2) is 22.7 Å². The number of halogens is 1. The first-order chi connectivity index (χ1) is 12.3. The van der Waals surface area contributed by atoms with Crippen molar-refractivity contribution in [1.29, 1.82) is 0 Å². The van der Waals surface area contributed by atoms with Crippen LogP contribution in [-0.2, 0) is 4.79 Å². The molecular formula is C21H23FN2O2. The van der Waals surface area contributed by atoms with Crippen molar-refractivity contribution in [2.45, 2.75) is 26.4 Å². The zero-order chi connectivity index (χ0) is 18.9. The second-order valence-electron chi connectivity index (χ2n) is 7.17. The molecule has 3 aromatic rings. The molecule has 0 aliphatic rings. The highest BCUT2D eigenvalue weighted by Crippen LogP contribution is 2.32. The van der Waals surface area contributed by atoms with Gasteiger partial charge in [0.1, 0.15) is 5.82 Å². The molecule has 0 radical (unpaired) electrons. The minimum absolute atomic E-state index is 0.121. The topological polar surface area (TPSA) is 45.5 Å². The molecule has 2 aromatic carbocycles. The van der Waals surface area contributed by atoms with Crippen LogP contribution in [0.25, 0.3) is 10.9 Å². The molecule has 0 fully saturated rings. The Morgan fingerprint density at radius 2 is 1.81 bits per heavy atom. The van der Waals surface area contributed by atoms with Crippen LogP contribution in [0, 0.1) is 11.2 Å². The van der Waals surface area contributed by atoms with Crippen LogP contribution in [0.1, 0.15) is 31.9 Å². The quantitative estimate of drug-likeness (QED) is 0.752. The van der Waals surface area contributed by atoms with E-state index in [1.807, 2.05) is 36.5 Å². The van der Waals surface area contributed by atoms with E-state index < -0.39 is 17.3 Å². The number of carbonyl (C=O) groups is 1. The van der Waals surface area contributed by atoms with Gasteiger partial charge < -0.3 is 5.11 Å².